The summed E-state index contributed by atoms with van der Waals surface area (Å²) >= 11 is 5.81. The molecule has 7 heteroatoms. The Morgan fingerprint density at radius 1 is 1.27 bits per heavy atom. The molecule has 0 unspecified atom stereocenters. The second-order valence-corrected chi connectivity index (χ2v) is 9.36. The molecule has 5 heterocycles. The van der Waals surface area contributed by atoms with Crippen LogP contribution in [0.1, 0.15) is 55.6 Å². The Balaban J connectivity index is 1.77. The van der Waals surface area contributed by atoms with Gasteiger partial charge in [-0.25, -0.2) is 4.79 Å². The third-order valence-electron chi connectivity index (χ3n) is 7.84. The number of rotatable bonds is 3. The molecule has 0 saturated carbocycles. The maximum absolute atomic E-state index is 14.0. The Kier molecular flexibility index (Phi) is 3.52. The number of aromatic nitrogens is 1. The number of esters is 1. The number of hydrogen-bond donors (Lipinski definition) is 0. The quantitative estimate of drug-likeness (QED) is 0.427. The fourth-order valence-corrected chi connectivity index (χ4v) is 6.92. The molecule has 1 aromatic heterocycles. The molecule has 4 aliphatic heterocycles. The first kappa shape index (κ1) is 18.5. The van der Waals surface area contributed by atoms with Crippen molar-refractivity contribution in [3.8, 4) is 0 Å². The van der Waals surface area contributed by atoms with E-state index in [2.05, 4.69) is 17.9 Å². The van der Waals surface area contributed by atoms with E-state index in [0.717, 1.165) is 59.4 Å². The molecule has 30 heavy (non-hydrogen) atoms. The van der Waals surface area contributed by atoms with Gasteiger partial charge in [0.1, 0.15) is 0 Å². The van der Waals surface area contributed by atoms with Crippen LogP contribution in [-0.4, -0.2) is 45.1 Å². The van der Waals surface area contributed by atoms with Crippen LogP contribution in [0.5, 0.6) is 0 Å². The van der Waals surface area contributed by atoms with Crippen molar-refractivity contribution in [2.45, 2.75) is 57.3 Å². The highest BCUT2D eigenvalue weighted by molar-refractivity contribution is 7.80. The number of hydrogen-bond acceptors (Lipinski definition) is 5. The van der Waals surface area contributed by atoms with Gasteiger partial charge in [0.05, 0.1) is 22.8 Å². The third kappa shape index (κ3) is 1.76. The summed E-state index contributed by atoms with van der Waals surface area (Å²) < 4.78 is 14.0. The van der Waals surface area contributed by atoms with Crippen molar-refractivity contribution in [2.75, 3.05) is 13.2 Å². The van der Waals surface area contributed by atoms with Crippen molar-refractivity contribution in [2.24, 2.45) is 5.41 Å². The summed E-state index contributed by atoms with van der Waals surface area (Å²) in [7, 11) is 0. The molecule has 3 atom stereocenters. The normalized spacial score (nSPS) is 33.7. The summed E-state index contributed by atoms with van der Waals surface area (Å²) in [5, 5.41) is 1.06. The zero-order chi connectivity index (χ0) is 20.9. The summed E-state index contributed by atoms with van der Waals surface area (Å²) in [4.78, 5) is 30.4. The lowest BCUT2D eigenvalue weighted by Gasteiger charge is -2.58. The highest BCUT2D eigenvalue weighted by Gasteiger charge is 2.78. The minimum absolute atomic E-state index is 0.204. The van der Waals surface area contributed by atoms with Gasteiger partial charge in [-0.05, 0) is 44.2 Å². The molecule has 4 aliphatic rings. The molecule has 156 valence electrons. The number of thiocarbonyl (C=S) groups is 1. The molecule has 6 nitrogen and oxygen atoms in total. The lowest BCUT2D eigenvalue weighted by atomic mass is 9.64. The van der Waals surface area contributed by atoms with Crippen LogP contribution in [0.3, 0.4) is 0 Å². The maximum atomic E-state index is 14.0. The van der Waals surface area contributed by atoms with Gasteiger partial charge in [0.2, 0.25) is 5.60 Å². The van der Waals surface area contributed by atoms with Crippen molar-refractivity contribution in [1.82, 2.24) is 9.47 Å². The van der Waals surface area contributed by atoms with Gasteiger partial charge in [0.25, 0.3) is 5.91 Å². The van der Waals surface area contributed by atoms with Gasteiger partial charge in [-0.15, -0.1) is 0 Å². The van der Waals surface area contributed by atoms with E-state index in [0.29, 0.717) is 6.42 Å². The molecule has 1 aromatic carbocycles. The molecule has 0 amide bonds. The summed E-state index contributed by atoms with van der Waals surface area (Å²) in [5.41, 5.74) is -0.0273. The van der Waals surface area contributed by atoms with Gasteiger partial charge >= 0.3 is 5.97 Å². The smallest absolute Gasteiger partial charge is 0.348 e. The fourth-order valence-electron chi connectivity index (χ4n) is 6.60. The number of nitrogens with zero attached hydrogens (tertiary/aromatic N) is 2. The lowest BCUT2D eigenvalue weighted by Crippen LogP contribution is -2.66. The summed E-state index contributed by atoms with van der Waals surface area (Å²) in [6.07, 6.45) is 3.50. The molecular formula is C23H24N2O4S. The Morgan fingerprint density at radius 2 is 2.07 bits per heavy atom. The SMILES string of the molecule is CCOC(=O)[C@@]12C[C@]3(CC)CCC(=S)N4CCc5c(n(c6ccccc56)C1=O)[C@]43O2. The summed E-state index contributed by atoms with van der Waals surface area (Å²) in [6.45, 7) is 4.83. The van der Waals surface area contributed by atoms with Gasteiger partial charge in [0, 0.05) is 23.8 Å². The second kappa shape index (κ2) is 5.71. The van der Waals surface area contributed by atoms with Crippen molar-refractivity contribution in [3.63, 3.8) is 0 Å². The Bertz CT molecular complexity index is 1160. The molecule has 2 bridgehead atoms. The highest BCUT2D eigenvalue weighted by atomic mass is 32.1. The maximum Gasteiger partial charge on any atom is 0.348 e. The highest BCUT2D eigenvalue weighted by Crippen LogP contribution is 2.69. The lowest BCUT2D eigenvalue weighted by molar-refractivity contribution is -0.225. The predicted octanol–water partition coefficient (Wildman–Crippen LogP) is 3.55. The number of carbonyl (C=O) groups excluding carboxylic acids is 2. The van der Waals surface area contributed by atoms with Gasteiger partial charge < -0.3 is 14.4 Å². The molecule has 6 rings (SSSR count). The molecule has 0 radical (unpaired) electrons. The molecule has 0 N–H and O–H groups in total. The third-order valence-corrected chi connectivity index (χ3v) is 8.27. The summed E-state index contributed by atoms with van der Waals surface area (Å²) in [6, 6.07) is 7.96. The minimum atomic E-state index is -1.63. The fraction of sp³-hybridized carbons (Fsp3) is 0.522. The first-order valence-corrected chi connectivity index (χ1v) is 11.2. The van der Waals surface area contributed by atoms with Crippen LogP contribution in [0.15, 0.2) is 24.3 Å². The van der Waals surface area contributed by atoms with Crippen LogP contribution in [0.4, 0.5) is 0 Å². The van der Waals surface area contributed by atoms with Crippen LogP contribution in [0, 0.1) is 5.41 Å². The number of fused-ring (bicyclic) bond motifs is 4. The number of piperidine rings is 1. The standard InChI is InChI=1S/C23H24N2O4S/c1-3-21-11-9-17(30)24-12-10-15-14-7-5-6-8-16(14)25-18(15)23(21,24)29-22(13-21,19(25)26)20(27)28-4-2/h5-8H,3-4,9-13H2,1-2H3/t21-,22+,23+/m0/s1. The van der Waals surface area contributed by atoms with Crippen molar-refractivity contribution >= 4 is 40.0 Å². The van der Waals surface area contributed by atoms with Gasteiger partial charge in [-0.2, -0.15) is 0 Å². The van der Waals surface area contributed by atoms with Crippen LogP contribution in [-0.2, 0) is 26.4 Å². The minimum Gasteiger partial charge on any atom is -0.463 e. The number of para-hydroxylation sites is 1. The van der Waals surface area contributed by atoms with E-state index < -0.39 is 17.3 Å². The predicted molar refractivity (Wildman–Crippen MR) is 114 cm³/mol. The topological polar surface area (TPSA) is 60.8 Å². The summed E-state index contributed by atoms with van der Waals surface area (Å²) in [5.74, 6) is -0.896. The molecule has 2 saturated heterocycles. The van der Waals surface area contributed by atoms with Crippen LogP contribution in [0.2, 0.25) is 0 Å². The first-order valence-electron chi connectivity index (χ1n) is 10.8. The molecular weight excluding hydrogens is 400 g/mol. The Morgan fingerprint density at radius 3 is 2.83 bits per heavy atom. The zero-order valence-corrected chi connectivity index (χ0v) is 18.0. The average Bonchev–Trinajstić information content (AvgIpc) is 3.24. The van der Waals surface area contributed by atoms with Crippen molar-refractivity contribution in [1.29, 1.82) is 0 Å². The van der Waals surface area contributed by atoms with Crippen molar-refractivity contribution in [3.05, 3.63) is 35.5 Å². The van der Waals surface area contributed by atoms with Crippen LogP contribution < -0.4 is 0 Å². The zero-order valence-electron chi connectivity index (χ0n) is 17.2. The van der Waals surface area contributed by atoms with E-state index in [1.54, 1.807) is 11.5 Å². The van der Waals surface area contributed by atoms with E-state index in [-0.39, 0.29) is 17.9 Å². The van der Waals surface area contributed by atoms with Gasteiger partial charge in [-0.3, -0.25) is 9.36 Å². The van der Waals surface area contributed by atoms with Crippen molar-refractivity contribution < 1.29 is 19.1 Å². The molecule has 2 aromatic rings. The largest absolute Gasteiger partial charge is 0.463 e. The van der Waals surface area contributed by atoms with Crippen LogP contribution in [0.25, 0.3) is 10.9 Å². The average molecular weight is 425 g/mol. The van der Waals surface area contributed by atoms with E-state index >= 15 is 0 Å². The second-order valence-electron chi connectivity index (χ2n) is 8.88. The van der Waals surface area contributed by atoms with Gasteiger partial charge in [-0.1, -0.05) is 37.3 Å². The van der Waals surface area contributed by atoms with E-state index in [1.807, 2.05) is 18.2 Å². The number of ether oxygens (including phenoxy) is 2. The van der Waals surface area contributed by atoms with Crippen LogP contribution >= 0.6 is 12.2 Å². The molecule has 1 spiro atoms. The Labute approximate surface area is 180 Å². The number of benzene rings is 1. The Hall–Kier alpha value is -2.25. The van der Waals surface area contributed by atoms with E-state index in [4.69, 9.17) is 21.7 Å². The monoisotopic (exact) mass is 424 g/mol. The van der Waals surface area contributed by atoms with Gasteiger partial charge in [0.15, 0.2) is 5.72 Å². The van der Waals surface area contributed by atoms with E-state index in [1.165, 1.54) is 0 Å². The number of carbonyl (C=O) groups is 2. The molecule has 0 aliphatic carbocycles. The van der Waals surface area contributed by atoms with E-state index in [9.17, 15) is 9.59 Å². The molecule has 2 fully saturated rings. The first-order chi connectivity index (χ1) is 14.5.